The summed E-state index contributed by atoms with van der Waals surface area (Å²) in [6.07, 6.45) is -5.28. The average Bonchev–Trinajstić information content (AvgIpc) is 3.31. The van der Waals surface area contributed by atoms with Crippen molar-refractivity contribution in [3.63, 3.8) is 0 Å². The first-order valence-electron chi connectivity index (χ1n) is 14.4. The predicted octanol–water partition coefficient (Wildman–Crippen LogP) is 5.39. The molecule has 1 aliphatic heterocycles. The molecule has 0 radical (unpaired) electrons. The van der Waals surface area contributed by atoms with Gasteiger partial charge in [-0.15, -0.1) is 0 Å². The number of amides is 2. The van der Waals surface area contributed by atoms with Gasteiger partial charge in [0, 0.05) is 42.6 Å². The van der Waals surface area contributed by atoms with E-state index in [1.54, 1.807) is 24.1 Å². The fraction of sp³-hybridized carbons (Fsp3) is 0.294. The van der Waals surface area contributed by atoms with Crippen LogP contribution in [0.25, 0.3) is 11.1 Å². The fourth-order valence-electron chi connectivity index (χ4n) is 5.77. The van der Waals surface area contributed by atoms with E-state index in [2.05, 4.69) is 0 Å². The lowest BCUT2D eigenvalue weighted by molar-refractivity contribution is -0.137. The van der Waals surface area contributed by atoms with E-state index in [-0.39, 0.29) is 47.3 Å². The van der Waals surface area contributed by atoms with Crippen molar-refractivity contribution in [2.24, 2.45) is 0 Å². The summed E-state index contributed by atoms with van der Waals surface area (Å²) >= 11 is 0. The van der Waals surface area contributed by atoms with Gasteiger partial charge in [-0.05, 0) is 67.7 Å². The van der Waals surface area contributed by atoms with Gasteiger partial charge in [0.15, 0.2) is 0 Å². The van der Waals surface area contributed by atoms with Crippen LogP contribution in [0.4, 0.5) is 18.9 Å². The molecule has 8 nitrogen and oxygen atoms in total. The van der Waals surface area contributed by atoms with Crippen molar-refractivity contribution in [2.75, 3.05) is 46.2 Å². The normalized spacial score (nSPS) is 13.6. The van der Waals surface area contributed by atoms with Gasteiger partial charge in [-0.1, -0.05) is 36.4 Å². The van der Waals surface area contributed by atoms with Gasteiger partial charge >= 0.3 is 6.18 Å². The summed E-state index contributed by atoms with van der Waals surface area (Å²) in [5.74, 6) is -0.491. The number of para-hydroxylation sites is 1. The zero-order valence-electron chi connectivity index (χ0n) is 25.5. The van der Waals surface area contributed by atoms with Crippen LogP contribution < -0.4 is 9.64 Å². The minimum atomic E-state index is -4.57. The van der Waals surface area contributed by atoms with Crippen LogP contribution in [0.2, 0.25) is 0 Å². The molecule has 1 unspecified atom stereocenters. The molecule has 3 aromatic carbocycles. The Morgan fingerprint density at radius 3 is 2.33 bits per heavy atom. The zero-order chi connectivity index (χ0) is 32.5. The first-order valence-corrected chi connectivity index (χ1v) is 14.4. The average molecular weight is 621 g/mol. The van der Waals surface area contributed by atoms with Crippen molar-refractivity contribution >= 4 is 17.5 Å². The second-order valence-corrected chi connectivity index (χ2v) is 11.4. The molecule has 236 valence electrons. The molecule has 1 aromatic heterocycles. The van der Waals surface area contributed by atoms with Crippen molar-refractivity contribution in [3.8, 4) is 16.9 Å². The predicted molar refractivity (Wildman–Crippen MR) is 165 cm³/mol. The highest BCUT2D eigenvalue weighted by atomic mass is 19.4. The summed E-state index contributed by atoms with van der Waals surface area (Å²) in [6, 6.07) is 20.6. The number of alkyl halides is 3. The Morgan fingerprint density at radius 2 is 1.62 bits per heavy atom. The van der Waals surface area contributed by atoms with Gasteiger partial charge in [0.2, 0.25) is 0 Å². The van der Waals surface area contributed by atoms with Crippen molar-refractivity contribution in [1.29, 1.82) is 0 Å². The van der Waals surface area contributed by atoms with Gasteiger partial charge in [-0.25, -0.2) is 0 Å². The lowest BCUT2D eigenvalue weighted by atomic mass is 9.97. The number of nitrogens with zero attached hydrogens (tertiary/aromatic N) is 4. The minimum absolute atomic E-state index is 0.0461. The van der Waals surface area contributed by atoms with Crippen LogP contribution in [0.15, 0.2) is 78.9 Å². The van der Waals surface area contributed by atoms with Crippen LogP contribution in [0.5, 0.6) is 5.75 Å². The number of anilines is 1. The summed E-state index contributed by atoms with van der Waals surface area (Å²) in [7, 11) is 6.69. The minimum Gasteiger partial charge on any atom is -0.496 e. The Morgan fingerprint density at radius 1 is 0.911 bits per heavy atom. The number of aliphatic hydroxyl groups excluding tert-OH is 1. The second kappa shape index (κ2) is 12.8. The number of benzene rings is 3. The van der Waals surface area contributed by atoms with Crippen LogP contribution in [-0.4, -0.2) is 78.7 Å². The highest BCUT2D eigenvalue weighted by molar-refractivity contribution is 6.07. The molecular weight excluding hydrogens is 585 g/mol. The van der Waals surface area contributed by atoms with Crippen molar-refractivity contribution in [1.82, 2.24) is 14.4 Å². The van der Waals surface area contributed by atoms with E-state index >= 15 is 0 Å². The van der Waals surface area contributed by atoms with Crippen LogP contribution in [0.3, 0.4) is 0 Å². The highest BCUT2D eigenvalue weighted by Crippen LogP contribution is 2.41. The molecule has 1 N–H and O–H groups in total. The molecular formula is C34H35F3N4O4. The molecule has 1 aliphatic rings. The topological polar surface area (TPSA) is 78.2 Å². The fourth-order valence-corrected chi connectivity index (χ4v) is 5.77. The molecule has 11 heteroatoms. The summed E-state index contributed by atoms with van der Waals surface area (Å²) in [4.78, 5) is 32.5. The number of ether oxygens (including phenoxy) is 1. The van der Waals surface area contributed by atoms with Crippen LogP contribution in [0.1, 0.15) is 37.7 Å². The third-order valence-corrected chi connectivity index (χ3v) is 7.84. The van der Waals surface area contributed by atoms with E-state index in [9.17, 15) is 27.9 Å². The van der Waals surface area contributed by atoms with E-state index in [4.69, 9.17) is 4.74 Å². The Labute approximate surface area is 259 Å². The van der Waals surface area contributed by atoms with E-state index in [0.29, 0.717) is 24.5 Å². The van der Waals surface area contributed by atoms with E-state index in [0.717, 1.165) is 17.3 Å². The molecule has 0 bridgehead atoms. The van der Waals surface area contributed by atoms with Crippen molar-refractivity contribution < 1.29 is 32.6 Å². The monoisotopic (exact) mass is 620 g/mol. The molecule has 4 aromatic rings. The number of halogens is 3. The molecule has 0 aliphatic carbocycles. The summed E-state index contributed by atoms with van der Waals surface area (Å²) in [6.45, 7) is 1.06. The SMILES string of the molecule is COc1cc(C(=O)N2Cc3ccc(C(=O)N(C)CC(O)CN(C)C)n3Cc3ccccc32)ccc1-c1ccccc1C(F)(F)F. The van der Waals surface area contributed by atoms with Gasteiger partial charge in [0.1, 0.15) is 11.4 Å². The quantitative estimate of drug-likeness (QED) is 0.286. The number of methoxy groups -OCH3 is 1. The Kier molecular flexibility index (Phi) is 9.03. The van der Waals surface area contributed by atoms with Crippen molar-refractivity contribution in [2.45, 2.75) is 25.4 Å². The lowest BCUT2D eigenvalue weighted by Gasteiger charge is -2.23. The van der Waals surface area contributed by atoms with Gasteiger partial charge in [-0.2, -0.15) is 13.2 Å². The molecule has 1 atom stereocenters. The molecule has 0 saturated carbocycles. The highest BCUT2D eigenvalue weighted by Gasteiger charge is 2.34. The first-order chi connectivity index (χ1) is 21.4. The molecule has 0 fully saturated rings. The number of carbonyl (C=O) groups excluding carboxylic acids is 2. The largest absolute Gasteiger partial charge is 0.496 e. The van der Waals surface area contributed by atoms with Gasteiger partial charge in [-0.3, -0.25) is 9.59 Å². The first kappa shape index (κ1) is 31.8. The third-order valence-electron chi connectivity index (χ3n) is 7.84. The summed E-state index contributed by atoms with van der Waals surface area (Å²) < 4.78 is 48.7. The van der Waals surface area contributed by atoms with E-state index in [1.165, 1.54) is 48.4 Å². The second-order valence-electron chi connectivity index (χ2n) is 11.4. The maximum absolute atomic E-state index is 14.1. The maximum Gasteiger partial charge on any atom is 0.417 e. The number of likely N-dealkylation sites (N-methyl/N-ethyl adjacent to an activating group) is 2. The standard InChI is InChI=1S/C34H35F3N4O4/c1-38(2)20-25(42)21-39(3)33(44)30-16-14-24-19-41(29-12-8-5-9-23(29)18-40(24)30)32(43)22-13-15-27(31(17-22)45-4)26-10-6-7-11-28(26)34(35,36)37/h5-17,25,42H,18-21H2,1-4H3. The van der Waals surface area contributed by atoms with Crippen molar-refractivity contribution in [3.05, 3.63) is 107 Å². The Hall–Kier alpha value is -4.61. The summed E-state index contributed by atoms with van der Waals surface area (Å²) in [5, 5.41) is 10.4. The third kappa shape index (κ3) is 6.59. The van der Waals surface area contributed by atoms with E-state index < -0.39 is 17.8 Å². The number of fused-ring (bicyclic) bond motifs is 2. The molecule has 5 rings (SSSR count). The number of hydrogen-bond donors (Lipinski definition) is 1. The summed E-state index contributed by atoms with van der Waals surface area (Å²) in [5.41, 5.74) is 2.24. The Balaban J connectivity index is 1.48. The van der Waals surface area contributed by atoms with Crippen LogP contribution >= 0.6 is 0 Å². The Bertz CT molecular complexity index is 1720. The number of aliphatic hydroxyl groups is 1. The van der Waals surface area contributed by atoms with E-state index in [1.807, 2.05) is 47.8 Å². The zero-order valence-corrected chi connectivity index (χ0v) is 25.5. The van der Waals surface area contributed by atoms with Crippen LogP contribution in [0, 0.1) is 0 Å². The molecule has 2 amide bonds. The molecule has 45 heavy (non-hydrogen) atoms. The number of hydrogen-bond acceptors (Lipinski definition) is 5. The van der Waals surface area contributed by atoms with Gasteiger partial charge < -0.3 is 29.1 Å². The van der Waals surface area contributed by atoms with Gasteiger partial charge in [0.25, 0.3) is 11.8 Å². The lowest BCUT2D eigenvalue weighted by Crippen LogP contribution is -2.39. The maximum atomic E-state index is 14.1. The number of carbonyl (C=O) groups is 2. The van der Waals surface area contributed by atoms with Crippen LogP contribution in [-0.2, 0) is 19.3 Å². The molecule has 0 spiro atoms. The smallest absolute Gasteiger partial charge is 0.417 e. The number of rotatable bonds is 8. The van der Waals surface area contributed by atoms with Gasteiger partial charge in [0.05, 0.1) is 31.9 Å². The number of aromatic nitrogens is 1. The molecule has 2 heterocycles. The molecule has 0 saturated heterocycles.